The van der Waals surface area contributed by atoms with Gasteiger partial charge in [-0.15, -0.1) is 6.42 Å². The summed E-state index contributed by atoms with van der Waals surface area (Å²) in [7, 11) is -3.58. The fourth-order valence-electron chi connectivity index (χ4n) is 4.18. The molecule has 1 fully saturated rings. The number of hydrogen-bond donors (Lipinski definition) is 0. The van der Waals surface area contributed by atoms with Crippen molar-refractivity contribution >= 4 is 37.5 Å². The van der Waals surface area contributed by atoms with Crippen LogP contribution in [0.5, 0.6) is 11.5 Å². The molecule has 2 aliphatic heterocycles. The fraction of sp³-hybridized carbons (Fsp3) is 0.333. The van der Waals surface area contributed by atoms with Crippen LogP contribution in [0.1, 0.15) is 18.4 Å². The molecule has 3 aromatic rings. The Balaban J connectivity index is 1.36. The Kier molecular flexibility index (Phi) is 5.93. The molecule has 0 radical (unpaired) electrons. The lowest BCUT2D eigenvalue weighted by atomic mass is 9.98. The summed E-state index contributed by atoms with van der Waals surface area (Å²) in [5.74, 6) is 3.31. The lowest BCUT2D eigenvalue weighted by Gasteiger charge is -2.29. The number of hydrogen-bond acceptors (Lipinski definition) is 6. The molecule has 1 aromatic heterocycles. The molecule has 0 N–H and O–H groups in total. The monoisotopic (exact) mass is 497 g/mol. The number of thiazole rings is 1. The molecule has 34 heavy (non-hydrogen) atoms. The first-order chi connectivity index (χ1) is 16.4. The first kappa shape index (κ1) is 22.7. The van der Waals surface area contributed by atoms with Crippen LogP contribution in [0.25, 0.3) is 10.2 Å². The van der Waals surface area contributed by atoms with Crippen LogP contribution in [0.3, 0.4) is 0 Å². The summed E-state index contributed by atoms with van der Waals surface area (Å²) in [5, 5.41) is 0. The van der Waals surface area contributed by atoms with Crippen LogP contribution in [0.15, 0.2) is 46.3 Å². The third kappa shape index (κ3) is 4.11. The van der Waals surface area contributed by atoms with Gasteiger partial charge in [-0.25, -0.2) is 8.42 Å². The molecule has 0 aliphatic carbocycles. The lowest BCUT2D eigenvalue weighted by molar-refractivity contribution is -0.122. The fourth-order valence-corrected chi connectivity index (χ4v) is 6.69. The van der Waals surface area contributed by atoms with Crippen molar-refractivity contribution in [1.82, 2.24) is 8.87 Å². The van der Waals surface area contributed by atoms with Gasteiger partial charge in [0, 0.05) is 31.1 Å². The van der Waals surface area contributed by atoms with Crippen molar-refractivity contribution in [2.75, 3.05) is 19.9 Å². The van der Waals surface area contributed by atoms with Gasteiger partial charge in [0.1, 0.15) is 0 Å². The molecular weight excluding hydrogens is 474 g/mol. The largest absolute Gasteiger partial charge is 0.454 e. The minimum absolute atomic E-state index is 0.176. The lowest BCUT2D eigenvalue weighted by Crippen LogP contribution is -2.40. The molecular formula is C24H23N3O5S2. The van der Waals surface area contributed by atoms with Crippen LogP contribution in [-0.2, 0) is 21.4 Å². The average Bonchev–Trinajstić information content (AvgIpc) is 3.42. The van der Waals surface area contributed by atoms with Gasteiger partial charge in [0.25, 0.3) is 5.91 Å². The van der Waals surface area contributed by atoms with Crippen molar-refractivity contribution in [1.29, 1.82) is 0 Å². The van der Waals surface area contributed by atoms with E-state index < -0.39 is 10.0 Å². The number of carbonyl (C=O) groups excluding carboxylic acids is 1. The number of piperidine rings is 1. The molecule has 0 bridgehead atoms. The van der Waals surface area contributed by atoms with Gasteiger partial charge in [0.15, 0.2) is 16.3 Å². The number of aromatic nitrogens is 1. The molecule has 8 nitrogen and oxygen atoms in total. The van der Waals surface area contributed by atoms with E-state index in [-0.39, 0.29) is 43.1 Å². The Bertz CT molecular complexity index is 1470. The first-order valence-corrected chi connectivity index (χ1v) is 13.1. The van der Waals surface area contributed by atoms with Crippen molar-refractivity contribution in [3.8, 4) is 23.8 Å². The van der Waals surface area contributed by atoms with Crippen molar-refractivity contribution in [2.24, 2.45) is 10.9 Å². The zero-order valence-corrected chi connectivity index (χ0v) is 20.2. The minimum Gasteiger partial charge on any atom is -0.454 e. The number of aryl methyl sites for hydroxylation is 1. The predicted octanol–water partition coefficient (Wildman–Crippen LogP) is 2.90. The maximum Gasteiger partial charge on any atom is 0.251 e. The van der Waals surface area contributed by atoms with Gasteiger partial charge in [0.05, 0.1) is 21.7 Å². The number of rotatable bonds is 4. The van der Waals surface area contributed by atoms with E-state index in [4.69, 9.17) is 15.9 Å². The maximum absolute atomic E-state index is 13.0. The number of terminal acetylenes is 1. The number of sulfonamides is 1. The van der Waals surface area contributed by atoms with Crippen LogP contribution in [0, 0.1) is 25.2 Å². The SMILES string of the molecule is C#CCn1c(=NC(=O)C2CCN(S(=O)(=O)c3ccc(C)cc3)CC2)sc2cc3c(cc21)OCO3. The molecule has 0 spiro atoms. The van der Waals surface area contributed by atoms with E-state index in [1.54, 1.807) is 24.3 Å². The van der Waals surface area contributed by atoms with Gasteiger partial charge in [-0.05, 0) is 31.9 Å². The second-order valence-electron chi connectivity index (χ2n) is 8.29. The highest BCUT2D eigenvalue weighted by Gasteiger charge is 2.32. The Morgan fingerprint density at radius 3 is 2.53 bits per heavy atom. The molecule has 1 amide bonds. The quantitative estimate of drug-likeness (QED) is 0.517. The maximum atomic E-state index is 13.0. The summed E-state index contributed by atoms with van der Waals surface area (Å²) in [5.41, 5.74) is 1.83. The average molecular weight is 498 g/mol. The Morgan fingerprint density at radius 2 is 1.85 bits per heavy atom. The van der Waals surface area contributed by atoms with Gasteiger partial charge in [-0.3, -0.25) is 4.79 Å². The molecule has 3 heterocycles. The van der Waals surface area contributed by atoms with Crippen molar-refractivity contribution < 1.29 is 22.7 Å². The van der Waals surface area contributed by atoms with Crippen LogP contribution in [0.4, 0.5) is 0 Å². The molecule has 2 aromatic carbocycles. The summed E-state index contributed by atoms with van der Waals surface area (Å²) < 4.78 is 41.0. The number of nitrogens with zero attached hydrogens (tertiary/aromatic N) is 3. The van der Waals surface area contributed by atoms with Crippen molar-refractivity contribution in [3.05, 3.63) is 46.8 Å². The van der Waals surface area contributed by atoms with Crippen molar-refractivity contribution in [2.45, 2.75) is 31.2 Å². The molecule has 176 valence electrons. The van der Waals surface area contributed by atoms with E-state index in [1.807, 2.05) is 23.6 Å². The predicted molar refractivity (Wildman–Crippen MR) is 128 cm³/mol. The zero-order valence-electron chi connectivity index (χ0n) is 18.6. The second-order valence-corrected chi connectivity index (χ2v) is 11.2. The van der Waals surface area contributed by atoms with Crippen LogP contribution in [-0.4, -0.2) is 43.1 Å². The Morgan fingerprint density at radius 1 is 1.18 bits per heavy atom. The number of carbonyl (C=O) groups is 1. The third-order valence-corrected chi connectivity index (χ3v) is 9.05. The standard InChI is InChI=1S/C24H23N3O5S2/c1-3-10-27-19-13-20-21(32-15-31-20)14-22(19)33-24(27)25-23(28)17-8-11-26(12-9-17)34(29,30)18-6-4-16(2)5-7-18/h1,4-7,13-14,17H,8-12,15H2,2H3. The number of fused-ring (bicyclic) bond motifs is 2. The Hall–Kier alpha value is -3.13. The van der Waals surface area contributed by atoms with E-state index in [1.165, 1.54) is 15.6 Å². The molecule has 10 heteroatoms. The normalized spacial score (nSPS) is 17.2. The van der Waals surface area contributed by atoms with E-state index in [0.29, 0.717) is 29.1 Å². The molecule has 0 atom stereocenters. The smallest absolute Gasteiger partial charge is 0.251 e. The summed E-state index contributed by atoms with van der Waals surface area (Å²) in [4.78, 5) is 18.2. The highest BCUT2D eigenvalue weighted by molar-refractivity contribution is 7.89. The molecule has 0 saturated carbocycles. The number of benzene rings is 2. The summed E-state index contributed by atoms with van der Waals surface area (Å²) >= 11 is 1.36. The van der Waals surface area contributed by atoms with Crippen molar-refractivity contribution in [3.63, 3.8) is 0 Å². The topological polar surface area (TPSA) is 90.2 Å². The van der Waals surface area contributed by atoms with Gasteiger partial charge < -0.3 is 14.0 Å². The number of amides is 1. The molecule has 1 saturated heterocycles. The van der Waals surface area contributed by atoms with E-state index in [2.05, 4.69) is 10.9 Å². The van der Waals surface area contributed by atoms with E-state index in [0.717, 1.165) is 15.8 Å². The van der Waals surface area contributed by atoms with Crippen LogP contribution >= 0.6 is 11.3 Å². The zero-order chi connectivity index (χ0) is 23.9. The van der Waals surface area contributed by atoms with Gasteiger partial charge in [-0.1, -0.05) is 35.0 Å². The van der Waals surface area contributed by atoms with Crippen LogP contribution in [0.2, 0.25) is 0 Å². The van der Waals surface area contributed by atoms with E-state index in [9.17, 15) is 13.2 Å². The Labute approximate surface area is 201 Å². The molecule has 2 aliphatic rings. The van der Waals surface area contributed by atoms with Crippen LogP contribution < -0.4 is 14.3 Å². The highest BCUT2D eigenvalue weighted by atomic mass is 32.2. The van der Waals surface area contributed by atoms with E-state index >= 15 is 0 Å². The second kappa shape index (κ2) is 8.91. The third-order valence-electron chi connectivity index (χ3n) is 6.09. The molecule has 5 rings (SSSR count). The van der Waals surface area contributed by atoms with Gasteiger partial charge in [-0.2, -0.15) is 9.30 Å². The van der Waals surface area contributed by atoms with Gasteiger partial charge in [0.2, 0.25) is 16.8 Å². The number of ether oxygens (including phenoxy) is 2. The summed E-state index contributed by atoms with van der Waals surface area (Å²) in [6, 6.07) is 10.5. The first-order valence-electron chi connectivity index (χ1n) is 10.9. The molecule has 0 unspecified atom stereocenters. The highest BCUT2D eigenvalue weighted by Crippen LogP contribution is 2.37. The minimum atomic E-state index is -3.58. The summed E-state index contributed by atoms with van der Waals surface area (Å²) in [6.45, 7) is 2.91. The van der Waals surface area contributed by atoms with Gasteiger partial charge >= 0.3 is 0 Å². The summed E-state index contributed by atoms with van der Waals surface area (Å²) in [6.07, 6.45) is 6.41.